The molecule has 1 fully saturated rings. The van der Waals surface area contributed by atoms with Crippen LogP contribution in [-0.2, 0) is 26.0 Å². The van der Waals surface area contributed by atoms with Crippen molar-refractivity contribution in [3.63, 3.8) is 0 Å². The molecule has 2 aliphatic heterocycles. The zero-order chi connectivity index (χ0) is 22.7. The monoisotopic (exact) mass is 454 g/mol. The first kappa shape index (κ1) is 22.2. The Kier molecular flexibility index (Phi) is 6.40. The highest BCUT2D eigenvalue weighted by Gasteiger charge is 2.30. The number of sulfonamides is 1. The minimum Gasteiger partial charge on any atom is -0.379 e. The number of hydrogen-bond acceptors (Lipinski definition) is 6. The number of nitrogens with zero attached hydrogens (tertiary/aromatic N) is 3. The van der Waals surface area contributed by atoms with Crippen molar-refractivity contribution in [2.75, 3.05) is 36.6 Å². The van der Waals surface area contributed by atoms with Crippen LogP contribution in [0.2, 0.25) is 0 Å². The molecule has 9 heteroatoms. The van der Waals surface area contributed by atoms with Crippen LogP contribution in [0.15, 0.2) is 70.3 Å². The van der Waals surface area contributed by atoms with Crippen molar-refractivity contribution < 1.29 is 17.9 Å². The Balaban J connectivity index is 1.52. The van der Waals surface area contributed by atoms with Crippen LogP contribution in [0, 0.1) is 0 Å². The van der Waals surface area contributed by atoms with Gasteiger partial charge in [0.1, 0.15) is 0 Å². The number of ether oxygens (including phenoxy) is 1. The average molecular weight is 455 g/mol. The number of carbonyl (C=O) groups is 1. The Morgan fingerprint density at radius 1 is 1.09 bits per heavy atom. The molecule has 8 nitrogen and oxygen atoms in total. The van der Waals surface area contributed by atoms with Gasteiger partial charge < -0.3 is 10.1 Å². The lowest BCUT2D eigenvalue weighted by Crippen LogP contribution is -2.40. The summed E-state index contributed by atoms with van der Waals surface area (Å²) in [6, 6.07) is 14.1. The first-order valence-electron chi connectivity index (χ1n) is 10.5. The predicted molar refractivity (Wildman–Crippen MR) is 124 cm³/mol. The van der Waals surface area contributed by atoms with Gasteiger partial charge in [-0.15, -0.1) is 0 Å². The molecule has 0 aromatic heterocycles. The van der Waals surface area contributed by atoms with Gasteiger partial charge >= 0.3 is 0 Å². The van der Waals surface area contributed by atoms with Crippen molar-refractivity contribution >= 4 is 33.0 Å². The summed E-state index contributed by atoms with van der Waals surface area (Å²) in [5.74, 6) is -0.271. The fraction of sp³-hybridized carbons (Fsp3) is 0.304. The van der Waals surface area contributed by atoms with Crippen LogP contribution in [0.5, 0.6) is 0 Å². The number of hydrazone groups is 1. The third-order valence-corrected chi connectivity index (χ3v) is 7.43. The summed E-state index contributed by atoms with van der Waals surface area (Å²) in [5, 5.41) is 8.88. The molecule has 0 unspecified atom stereocenters. The highest BCUT2D eigenvalue weighted by atomic mass is 32.2. The van der Waals surface area contributed by atoms with Crippen molar-refractivity contribution in [3.8, 4) is 0 Å². The molecule has 0 saturated carbocycles. The van der Waals surface area contributed by atoms with Crippen molar-refractivity contribution in [1.29, 1.82) is 0 Å². The van der Waals surface area contributed by atoms with E-state index in [1.807, 2.05) is 24.3 Å². The maximum Gasteiger partial charge on any atom is 0.282 e. The number of aryl methyl sites for hydroxylation is 1. The number of nitrogens with one attached hydrogen (secondary N) is 1. The average Bonchev–Trinajstić information content (AvgIpc) is 3.11. The van der Waals surface area contributed by atoms with Gasteiger partial charge in [-0.2, -0.15) is 14.4 Å². The number of morpholine rings is 1. The van der Waals surface area contributed by atoms with E-state index in [0.717, 1.165) is 17.7 Å². The molecular formula is C23H26N4O4S. The number of hydrogen-bond donors (Lipinski definition) is 1. The molecular weight excluding hydrogens is 428 g/mol. The zero-order valence-corrected chi connectivity index (χ0v) is 18.9. The Hall–Kier alpha value is -3.01. The van der Waals surface area contributed by atoms with Gasteiger partial charge in [-0.1, -0.05) is 25.1 Å². The second kappa shape index (κ2) is 9.23. The number of carbonyl (C=O) groups excluding carboxylic acids is 1. The predicted octanol–water partition coefficient (Wildman–Crippen LogP) is 2.99. The third kappa shape index (κ3) is 4.32. The van der Waals surface area contributed by atoms with Crippen molar-refractivity contribution in [3.05, 3.63) is 65.9 Å². The van der Waals surface area contributed by atoms with Crippen LogP contribution in [0.4, 0.5) is 11.4 Å². The number of amides is 1. The molecule has 32 heavy (non-hydrogen) atoms. The number of benzene rings is 2. The summed E-state index contributed by atoms with van der Waals surface area (Å²) >= 11 is 0. The maximum absolute atomic E-state index is 13.0. The van der Waals surface area contributed by atoms with Gasteiger partial charge in [0.15, 0.2) is 0 Å². The van der Waals surface area contributed by atoms with E-state index in [2.05, 4.69) is 17.3 Å². The summed E-state index contributed by atoms with van der Waals surface area (Å²) in [7, 11) is -3.59. The fourth-order valence-corrected chi connectivity index (χ4v) is 5.08. The van der Waals surface area contributed by atoms with E-state index in [1.165, 1.54) is 21.4 Å². The summed E-state index contributed by atoms with van der Waals surface area (Å²) in [6.07, 6.45) is 2.55. The highest BCUT2D eigenvalue weighted by Crippen LogP contribution is 2.26. The smallest absolute Gasteiger partial charge is 0.282 e. The maximum atomic E-state index is 13.0. The molecule has 0 spiro atoms. The number of rotatable bonds is 6. The topological polar surface area (TPSA) is 91.3 Å². The lowest BCUT2D eigenvalue weighted by molar-refractivity contribution is -0.114. The second-order valence-corrected chi connectivity index (χ2v) is 9.46. The third-order valence-electron chi connectivity index (χ3n) is 5.52. The van der Waals surface area contributed by atoms with E-state index in [1.54, 1.807) is 25.3 Å². The van der Waals surface area contributed by atoms with Gasteiger partial charge in [-0.3, -0.25) is 4.79 Å². The zero-order valence-electron chi connectivity index (χ0n) is 18.1. The van der Waals surface area contributed by atoms with E-state index >= 15 is 0 Å². The minimum absolute atomic E-state index is 0.184. The van der Waals surface area contributed by atoms with Gasteiger partial charge in [0.25, 0.3) is 5.91 Å². The molecule has 0 atom stereocenters. The van der Waals surface area contributed by atoms with Crippen molar-refractivity contribution in [2.45, 2.75) is 25.2 Å². The van der Waals surface area contributed by atoms with Gasteiger partial charge in [-0.25, -0.2) is 8.42 Å². The molecule has 168 valence electrons. The Morgan fingerprint density at radius 3 is 2.47 bits per heavy atom. The van der Waals surface area contributed by atoms with Crippen LogP contribution in [0.3, 0.4) is 0 Å². The minimum atomic E-state index is -3.59. The summed E-state index contributed by atoms with van der Waals surface area (Å²) in [5.41, 5.74) is 3.65. The summed E-state index contributed by atoms with van der Waals surface area (Å²) < 4.78 is 32.3. The van der Waals surface area contributed by atoms with Crippen LogP contribution >= 0.6 is 0 Å². The first-order chi connectivity index (χ1) is 15.4. The Bertz CT molecular complexity index is 1170. The second-order valence-electron chi connectivity index (χ2n) is 7.53. The van der Waals surface area contributed by atoms with E-state index in [9.17, 15) is 13.2 Å². The number of para-hydroxylation sites is 1. The Labute approximate surface area is 188 Å². The molecule has 0 radical (unpaired) electrons. The lowest BCUT2D eigenvalue weighted by Gasteiger charge is -2.26. The van der Waals surface area contributed by atoms with Gasteiger partial charge in [0.05, 0.1) is 35.1 Å². The van der Waals surface area contributed by atoms with E-state index in [-0.39, 0.29) is 10.8 Å². The normalized spacial score (nSPS) is 18.8. The van der Waals surface area contributed by atoms with Gasteiger partial charge in [-0.05, 0) is 49.2 Å². The molecule has 0 aliphatic carbocycles. The fourth-order valence-electron chi connectivity index (χ4n) is 3.67. The number of anilines is 2. The van der Waals surface area contributed by atoms with Gasteiger partial charge in [0.2, 0.25) is 10.0 Å². The van der Waals surface area contributed by atoms with Crippen LogP contribution in [-0.4, -0.2) is 50.6 Å². The summed E-state index contributed by atoms with van der Waals surface area (Å²) in [6.45, 7) is 5.29. The molecule has 2 aromatic rings. The van der Waals surface area contributed by atoms with Crippen LogP contribution < -0.4 is 10.3 Å². The molecule has 2 aromatic carbocycles. The standard InChI is InChI=1S/C23H26N4O4S/c1-3-18-6-4-5-7-22(18)24-16-21-17(2)25-27(23(21)28)19-8-10-20(11-9-19)32(29,30)26-12-14-31-15-13-26/h4-11,16,24H,3,12-15H2,1-2H3. The van der Waals surface area contributed by atoms with E-state index in [0.29, 0.717) is 43.3 Å². The Morgan fingerprint density at radius 2 is 1.78 bits per heavy atom. The lowest BCUT2D eigenvalue weighted by atomic mass is 10.1. The molecule has 1 amide bonds. The quantitative estimate of drug-likeness (QED) is 0.678. The van der Waals surface area contributed by atoms with Crippen LogP contribution in [0.25, 0.3) is 0 Å². The van der Waals surface area contributed by atoms with Crippen molar-refractivity contribution in [2.24, 2.45) is 5.10 Å². The highest BCUT2D eigenvalue weighted by molar-refractivity contribution is 7.89. The molecule has 4 rings (SSSR count). The largest absolute Gasteiger partial charge is 0.379 e. The van der Waals surface area contributed by atoms with E-state index < -0.39 is 10.0 Å². The molecule has 0 bridgehead atoms. The van der Waals surface area contributed by atoms with Gasteiger partial charge in [0, 0.05) is 25.0 Å². The van der Waals surface area contributed by atoms with Crippen molar-refractivity contribution in [1.82, 2.24) is 4.31 Å². The SMILES string of the molecule is CCc1ccccc1NC=C1C(=O)N(c2ccc(S(=O)(=O)N3CCOCC3)cc2)N=C1C. The molecule has 1 N–H and O–H groups in total. The molecule has 2 heterocycles. The van der Waals surface area contributed by atoms with E-state index in [4.69, 9.17) is 4.74 Å². The molecule has 1 saturated heterocycles. The first-order valence-corrected chi connectivity index (χ1v) is 12.0. The van der Waals surface area contributed by atoms with Crippen LogP contribution in [0.1, 0.15) is 19.4 Å². The molecule has 2 aliphatic rings. The summed E-state index contributed by atoms with van der Waals surface area (Å²) in [4.78, 5) is 13.2.